The number of benzene rings is 3. The van der Waals surface area contributed by atoms with Crippen molar-refractivity contribution in [3.05, 3.63) is 89.1 Å². The Morgan fingerprint density at radius 1 is 0.960 bits per heavy atom. The molecule has 50 heavy (non-hydrogen) atoms. The number of hydrogen-bond donors (Lipinski definition) is 3. The van der Waals surface area contributed by atoms with Gasteiger partial charge in [0.05, 0.1) is 54.9 Å². The number of rotatable bonds is 12. The summed E-state index contributed by atoms with van der Waals surface area (Å²) in [5, 5.41) is 18.1. The molecule has 7 rings (SSSR count). The lowest BCUT2D eigenvalue weighted by Crippen LogP contribution is -2.35. The molecule has 0 spiro atoms. The second-order valence-corrected chi connectivity index (χ2v) is 13.3. The highest BCUT2D eigenvalue weighted by molar-refractivity contribution is 6.36. The van der Waals surface area contributed by atoms with Gasteiger partial charge in [0.2, 0.25) is 11.8 Å². The van der Waals surface area contributed by atoms with E-state index in [1.807, 2.05) is 48.5 Å². The van der Waals surface area contributed by atoms with Crippen LogP contribution in [0.2, 0.25) is 5.02 Å². The number of methoxy groups -OCH3 is 3. The van der Waals surface area contributed by atoms with Gasteiger partial charge < -0.3 is 34.5 Å². The summed E-state index contributed by atoms with van der Waals surface area (Å²) in [6.45, 7) is 3.36. The van der Waals surface area contributed by atoms with Crippen LogP contribution in [0.5, 0.6) is 17.4 Å². The fourth-order valence-electron chi connectivity index (χ4n) is 7.15. The zero-order chi connectivity index (χ0) is 34.8. The minimum Gasteiger partial charge on any atom is -0.496 e. The Kier molecular flexibility index (Phi) is 9.96. The topological polar surface area (TPSA) is 110 Å². The lowest BCUT2D eigenvalue weighted by atomic mass is 9.98. The van der Waals surface area contributed by atoms with Gasteiger partial charge in [-0.05, 0) is 36.6 Å². The molecule has 2 atom stereocenters. The van der Waals surface area contributed by atoms with E-state index in [4.69, 9.17) is 30.8 Å². The summed E-state index contributed by atoms with van der Waals surface area (Å²) in [4.78, 5) is 18.6. The van der Waals surface area contributed by atoms with Crippen LogP contribution >= 0.6 is 11.6 Å². The van der Waals surface area contributed by atoms with Gasteiger partial charge in [-0.1, -0.05) is 48.0 Å². The van der Waals surface area contributed by atoms with Gasteiger partial charge in [-0.15, -0.1) is 0 Å². The number of likely N-dealkylation sites (tertiary alicyclic amines) is 1. The lowest BCUT2D eigenvalue weighted by Gasteiger charge is -2.21. The SMILES string of the molecule is COc1cc(-n2ccc3c(-c4cccc(-c5ccc(CNC[C@@H]6CCC(=O)N6)c(OC)n5)c4Cl)cccc32)cc(OC)c1CN1CC[C@H](O)C1. The van der Waals surface area contributed by atoms with E-state index in [2.05, 4.69) is 44.5 Å². The van der Waals surface area contributed by atoms with E-state index < -0.39 is 0 Å². The van der Waals surface area contributed by atoms with Gasteiger partial charge in [0.15, 0.2) is 0 Å². The lowest BCUT2D eigenvalue weighted by molar-refractivity contribution is -0.119. The number of carbonyl (C=O) groups is 1. The van der Waals surface area contributed by atoms with Crippen LogP contribution in [0.25, 0.3) is 39.0 Å². The number of nitrogens with one attached hydrogen (secondary N) is 2. The maximum atomic E-state index is 11.5. The second-order valence-electron chi connectivity index (χ2n) is 12.9. The monoisotopic (exact) mass is 695 g/mol. The summed E-state index contributed by atoms with van der Waals surface area (Å²) in [6, 6.07) is 22.5. The number of aromatic nitrogens is 2. The normalized spacial score (nSPS) is 17.7. The molecule has 3 aromatic carbocycles. The molecule has 4 heterocycles. The third-order valence-corrected chi connectivity index (χ3v) is 10.1. The number of halogens is 1. The van der Waals surface area contributed by atoms with Crippen molar-refractivity contribution in [2.75, 3.05) is 41.0 Å². The summed E-state index contributed by atoms with van der Waals surface area (Å²) >= 11 is 7.19. The molecule has 3 N–H and O–H groups in total. The first-order chi connectivity index (χ1) is 24.4. The Hall–Kier alpha value is -4.61. The van der Waals surface area contributed by atoms with Crippen LogP contribution < -0.4 is 24.8 Å². The summed E-state index contributed by atoms with van der Waals surface area (Å²) in [6.07, 6.45) is 3.95. The van der Waals surface area contributed by atoms with Crippen molar-refractivity contribution in [1.82, 2.24) is 25.1 Å². The van der Waals surface area contributed by atoms with E-state index in [0.29, 0.717) is 49.2 Å². The van der Waals surface area contributed by atoms with Crippen LogP contribution in [-0.4, -0.2) is 78.6 Å². The molecule has 260 valence electrons. The first kappa shape index (κ1) is 33.9. The van der Waals surface area contributed by atoms with Crippen molar-refractivity contribution in [3.8, 4) is 45.5 Å². The Bertz CT molecular complexity index is 2010. The molecule has 0 saturated carbocycles. The van der Waals surface area contributed by atoms with E-state index in [1.165, 1.54) is 0 Å². The second kappa shape index (κ2) is 14.7. The number of nitrogens with zero attached hydrogens (tertiary/aromatic N) is 3. The average Bonchev–Trinajstić information content (AvgIpc) is 3.88. The number of fused-ring (bicyclic) bond motifs is 1. The number of carbonyl (C=O) groups excluding carboxylic acids is 1. The maximum absolute atomic E-state index is 11.5. The molecule has 0 radical (unpaired) electrons. The highest BCUT2D eigenvalue weighted by Crippen LogP contribution is 2.41. The molecular formula is C39H42ClN5O5. The standard InChI is InChI=1S/C39H42ClN5O5/c1-48-35-18-26(19-36(49-2)32(35)23-44-16-14-27(46)22-44)45-17-15-29-28(6-5-9-34(29)45)30-7-4-8-31(38(30)40)33-12-10-24(39(43-33)50-3)20-41-21-25-11-13-37(47)42-25/h4-10,12,15,17-19,25,27,41,46H,11,13-14,16,20-23H2,1-3H3,(H,42,47)/t25-,27-/m0/s1. The highest BCUT2D eigenvalue weighted by atomic mass is 35.5. The first-order valence-electron chi connectivity index (χ1n) is 17.0. The minimum absolute atomic E-state index is 0.107. The third kappa shape index (κ3) is 6.76. The summed E-state index contributed by atoms with van der Waals surface area (Å²) in [7, 11) is 4.97. The van der Waals surface area contributed by atoms with Crippen molar-refractivity contribution >= 4 is 28.4 Å². The molecule has 2 fully saturated rings. The van der Waals surface area contributed by atoms with Gasteiger partial charge in [0.1, 0.15) is 11.5 Å². The Balaban J connectivity index is 1.18. The summed E-state index contributed by atoms with van der Waals surface area (Å²) < 4.78 is 19.6. The zero-order valence-corrected chi connectivity index (χ0v) is 29.3. The van der Waals surface area contributed by atoms with Gasteiger partial charge in [-0.25, -0.2) is 4.98 Å². The molecule has 1 amide bonds. The largest absolute Gasteiger partial charge is 0.496 e. The fraction of sp³-hybridized carbons (Fsp3) is 0.333. The van der Waals surface area contributed by atoms with Crippen LogP contribution in [0.15, 0.2) is 72.9 Å². The van der Waals surface area contributed by atoms with Gasteiger partial charge in [-0.2, -0.15) is 0 Å². The van der Waals surface area contributed by atoms with Crippen molar-refractivity contribution in [2.24, 2.45) is 0 Å². The molecule has 2 aliphatic rings. The highest BCUT2D eigenvalue weighted by Gasteiger charge is 2.25. The first-order valence-corrected chi connectivity index (χ1v) is 17.3. The molecule has 0 aliphatic carbocycles. The van der Waals surface area contributed by atoms with Crippen molar-refractivity contribution in [3.63, 3.8) is 0 Å². The van der Waals surface area contributed by atoms with Crippen LogP contribution in [-0.2, 0) is 17.9 Å². The minimum atomic E-state index is -0.299. The van der Waals surface area contributed by atoms with Crippen molar-refractivity contribution < 1.29 is 24.1 Å². The number of aliphatic hydroxyl groups is 1. The third-order valence-electron chi connectivity index (χ3n) is 9.72. The molecule has 2 saturated heterocycles. The number of pyridine rings is 1. The van der Waals surface area contributed by atoms with Crippen LogP contribution in [0, 0.1) is 0 Å². The van der Waals surface area contributed by atoms with Gasteiger partial charge in [0.25, 0.3) is 0 Å². The van der Waals surface area contributed by atoms with Crippen molar-refractivity contribution in [2.45, 2.75) is 44.5 Å². The smallest absolute Gasteiger partial charge is 0.220 e. The van der Waals surface area contributed by atoms with E-state index in [1.54, 1.807) is 21.3 Å². The molecule has 2 aliphatic heterocycles. The van der Waals surface area contributed by atoms with Crippen LogP contribution in [0.3, 0.4) is 0 Å². The van der Waals surface area contributed by atoms with Crippen LogP contribution in [0.4, 0.5) is 0 Å². The Morgan fingerprint density at radius 2 is 1.72 bits per heavy atom. The number of aliphatic hydroxyl groups excluding tert-OH is 1. The Morgan fingerprint density at radius 3 is 2.42 bits per heavy atom. The van der Waals surface area contributed by atoms with E-state index in [-0.39, 0.29) is 18.1 Å². The average molecular weight is 696 g/mol. The number of β-amino-alcohol motifs (C(OH)–C–C–N with tert-alkyl or cyclic N) is 1. The molecule has 2 aromatic heterocycles. The van der Waals surface area contributed by atoms with E-state index in [9.17, 15) is 9.90 Å². The number of ether oxygens (including phenoxy) is 3. The molecular weight excluding hydrogens is 654 g/mol. The van der Waals surface area contributed by atoms with Gasteiger partial charge in [-0.3, -0.25) is 9.69 Å². The zero-order valence-electron chi connectivity index (χ0n) is 28.5. The van der Waals surface area contributed by atoms with Crippen molar-refractivity contribution in [1.29, 1.82) is 0 Å². The quantitative estimate of drug-likeness (QED) is 0.147. The molecule has 5 aromatic rings. The summed E-state index contributed by atoms with van der Waals surface area (Å²) in [5.74, 6) is 2.11. The Labute approximate surface area is 296 Å². The number of hydrogen-bond acceptors (Lipinski definition) is 8. The number of amides is 1. The molecule has 10 nitrogen and oxygen atoms in total. The summed E-state index contributed by atoms with van der Waals surface area (Å²) in [5.41, 5.74) is 7.24. The fourth-order valence-corrected chi connectivity index (χ4v) is 7.48. The maximum Gasteiger partial charge on any atom is 0.220 e. The van der Waals surface area contributed by atoms with E-state index in [0.717, 1.165) is 75.3 Å². The van der Waals surface area contributed by atoms with Crippen LogP contribution in [0.1, 0.15) is 30.4 Å². The predicted molar refractivity (Wildman–Crippen MR) is 195 cm³/mol. The molecule has 0 unspecified atom stereocenters. The van der Waals surface area contributed by atoms with E-state index >= 15 is 0 Å². The molecule has 11 heteroatoms. The van der Waals surface area contributed by atoms with Gasteiger partial charge in [0, 0.05) is 85.6 Å². The van der Waals surface area contributed by atoms with Gasteiger partial charge >= 0.3 is 0 Å². The molecule has 0 bridgehead atoms. The predicted octanol–water partition coefficient (Wildman–Crippen LogP) is 5.97.